The predicted molar refractivity (Wildman–Crippen MR) is 92.1 cm³/mol. The second kappa shape index (κ2) is 8.35. The van der Waals surface area contributed by atoms with Crippen molar-refractivity contribution in [1.29, 1.82) is 0 Å². The third kappa shape index (κ3) is 4.71. The molecule has 0 aliphatic rings. The van der Waals surface area contributed by atoms with E-state index >= 15 is 0 Å². The normalized spacial score (nSPS) is 10.1. The maximum absolute atomic E-state index is 6.07. The fourth-order valence-corrected chi connectivity index (χ4v) is 2.20. The molecule has 0 bridgehead atoms. The van der Waals surface area contributed by atoms with E-state index in [0.29, 0.717) is 24.8 Å². The highest BCUT2D eigenvalue weighted by atomic mass is 35.5. The quantitative estimate of drug-likeness (QED) is 0.701. The number of hydrogen-bond acceptors (Lipinski definition) is 3. The Morgan fingerprint density at radius 1 is 1.14 bits per heavy atom. The summed E-state index contributed by atoms with van der Waals surface area (Å²) in [7, 11) is 0. The number of benzene rings is 2. The molecular weight excluding hydrogens is 298 g/mol. The van der Waals surface area contributed by atoms with E-state index in [4.69, 9.17) is 21.1 Å². The van der Waals surface area contributed by atoms with Gasteiger partial charge in [-0.15, -0.1) is 0 Å². The molecule has 0 heterocycles. The number of rotatable bonds is 8. The monoisotopic (exact) mass is 317 g/mol. The van der Waals surface area contributed by atoms with E-state index in [0.717, 1.165) is 22.7 Å². The van der Waals surface area contributed by atoms with Crippen molar-refractivity contribution in [3.8, 4) is 11.5 Å². The lowest BCUT2D eigenvalue weighted by atomic mass is 10.2. The molecule has 0 atom stereocenters. The summed E-state index contributed by atoms with van der Waals surface area (Å²) in [5.41, 5.74) is 2.02. The molecule has 0 fully saturated rings. The number of halogens is 1. The summed E-state index contributed by atoms with van der Waals surface area (Å²) in [6.07, 6.45) is 1.72. The highest BCUT2D eigenvalue weighted by Gasteiger charge is 2.05. The average Bonchev–Trinajstić information content (AvgIpc) is 2.53. The highest BCUT2D eigenvalue weighted by molar-refractivity contribution is 6.30. The molecule has 22 heavy (non-hydrogen) atoms. The van der Waals surface area contributed by atoms with Crippen molar-refractivity contribution in [2.75, 3.05) is 18.5 Å². The topological polar surface area (TPSA) is 30.5 Å². The molecule has 0 spiro atoms. The molecule has 0 saturated carbocycles. The van der Waals surface area contributed by atoms with Crippen LogP contribution in [0.5, 0.6) is 11.5 Å². The minimum atomic E-state index is 0.470. The van der Waals surface area contributed by atoms with E-state index < -0.39 is 0 Å². The Kier molecular flexibility index (Phi) is 6.16. The van der Waals surface area contributed by atoms with Gasteiger partial charge in [0.05, 0.1) is 6.61 Å². The van der Waals surface area contributed by atoms with E-state index in [-0.39, 0.29) is 0 Å². The van der Waals surface area contributed by atoms with Crippen LogP contribution in [0.15, 0.2) is 55.1 Å². The Bertz CT molecular complexity index is 611. The zero-order valence-electron chi connectivity index (χ0n) is 12.6. The summed E-state index contributed by atoms with van der Waals surface area (Å²) in [5.74, 6) is 1.67. The summed E-state index contributed by atoms with van der Waals surface area (Å²) in [4.78, 5) is 0. The largest absolute Gasteiger partial charge is 0.494 e. The van der Waals surface area contributed by atoms with Crippen LogP contribution < -0.4 is 14.8 Å². The Morgan fingerprint density at radius 3 is 2.59 bits per heavy atom. The first-order valence-electron chi connectivity index (χ1n) is 7.21. The SMILES string of the molecule is C=CCOc1ccc(Cl)cc1CNc1ccc(OCC)cc1. The first-order chi connectivity index (χ1) is 10.7. The van der Waals surface area contributed by atoms with Crippen LogP contribution in [0.2, 0.25) is 5.02 Å². The van der Waals surface area contributed by atoms with Crippen molar-refractivity contribution in [3.05, 3.63) is 65.7 Å². The molecule has 116 valence electrons. The van der Waals surface area contributed by atoms with Gasteiger partial charge in [0.1, 0.15) is 18.1 Å². The van der Waals surface area contributed by atoms with Gasteiger partial charge in [-0.25, -0.2) is 0 Å². The number of nitrogens with one attached hydrogen (secondary N) is 1. The summed E-state index contributed by atoms with van der Waals surface area (Å²) in [5, 5.41) is 4.04. The zero-order chi connectivity index (χ0) is 15.8. The molecule has 0 amide bonds. The van der Waals surface area contributed by atoms with Gasteiger partial charge in [-0.1, -0.05) is 24.3 Å². The van der Waals surface area contributed by atoms with Crippen LogP contribution in [0.25, 0.3) is 0 Å². The molecule has 0 unspecified atom stereocenters. The van der Waals surface area contributed by atoms with Crippen LogP contribution >= 0.6 is 11.6 Å². The molecule has 2 aromatic carbocycles. The second-order valence-electron chi connectivity index (χ2n) is 4.66. The van der Waals surface area contributed by atoms with Crippen molar-refractivity contribution in [3.63, 3.8) is 0 Å². The van der Waals surface area contributed by atoms with E-state index in [9.17, 15) is 0 Å². The average molecular weight is 318 g/mol. The van der Waals surface area contributed by atoms with Gasteiger partial charge in [-0.05, 0) is 49.4 Å². The van der Waals surface area contributed by atoms with Crippen molar-refractivity contribution in [2.45, 2.75) is 13.5 Å². The van der Waals surface area contributed by atoms with Gasteiger partial charge >= 0.3 is 0 Å². The first kappa shape index (κ1) is 16.2. The van der Waals surface area contributed by atoms with Gasteiger partial charge in [0.15, 0.2) is 0 Å². The maximum Gasteiger partial charge on any atom is 0.124 e. The smallest absolute Gasteiger partial charge is 0.124 e. The molecule has 3 nitrogen and oxygen atoms in total. The van der Waals surface area contributed by atoms with Gasteiger partial charge < -0.3 is 14.8 Å². The number of ether oxygens (including phenoxy) is 2. The summed E-state index contributed by atoms with van der Waals surface area (Å²) in [6.45, 7) is 7.39. The van der Waals surface area contributed by atoms with Gasteiger partial charge in [-0.2, -0.15) is 0 Å². The molecule has 0 radical (unpaired) electrons. The summed E-state index contributed by atoms with van der Waals surface area (Å²) < 4.78 is 11.1. The van der Waals surface area contributed by atoms with Crippen molar-refractivity contribution < 1.29 is 9.47 Å². The molecule has 1 N–H and O–H groups in total. The standard InChI is InChI=1S/C18H20ClNO2/c1-3-11-22-18-10-5-15(19)12-14(18)13-20-16-6-8-17(9-7-16)21-4-2/h3,5-10,12,20H,1,4,11,13H2,2H3. The van der Waals surface area contributed by atoms with Gasteiger partial charge in [0, 0.05) is 22.8 Å². The van der Waals surface area contributed by atoms with Crippen molar-refractivity contribution in [1.82, 2.24) is 0 Å². The highest BCUT2D eigenvalue weighted by Crippen LogP contribution is 2.24. The summed E-state index contributed by atoms with van der Waals surface area (Å²) >= 11 is 6.07. The second-order valence-corrected chi connectivity index (χ2v) is 5.10. The van der Waals surface area contributed by atoms with Crippen molar-refractivity contribution in [2.24, 2.45) is 0 Å². The molecule has 2 rings (SSSR count). The molecule has 0 aliphatic heterocycles. The van der Waals surface area contributed by atoms with Crippen LogP contribution in [0, 0.1) is 0 Å². The van der Waals surface area contributed by atoms with Crippen LogP contribution in [0.1, 0.15) is 12.5 Å². The molecule has 2 aromatic rings. The minimum Gasteiger partial charge on any atom is -0.494 e. The Balaban J connectivity index is 2.03. The molecule has 0 aromatic heterocycles. The fraction of sp³-hybridized carbons (Fsp3) is 0.222. The third-order valence-electron chi connectivity index (χ3n) is 3.03. The van der Waals surface area contributed by atoms with Gasteiger partial charge in [0.2, 0.25) is 0 Å². The van der Waals surface area contributed by atoms with Crippen LogP contribution in [0.3, 0.4) is 0 Å². The lowest BCUT2D eigenvalue weighted by molar-refractivity contribution is 0.340. The molecule has 0 saturated heterocycles. The van der Waals surface area contributed by atoms with Gasteiger partial charge in [-0.3, -0.25) is 0 Å². The van der Waals surface area contributed by atoms with Crippen LogP contribution in [-0.4, -0.2) is 13.2 Å². The summed E-state index contributed by atoms with van der Waals surface area (Å²) in [6, 6.07) is 13.5. The number of anilines is 1. The third-order valence-corrected chi connectivity index (χ3v) is 3.26. The maximum atomic E-state index is 6.07. The molecular formula is C18H20ClNO2. The Morgan fingerprint density at radius 2 is 1.91 bits per heavy atom. The van der Waals surface area contributed by atoms with Gasteiger partial charge in [0.25, 0.3) is 0 Å². The zero-order valence-corrected chi connectivity index (χ0v) is 13.4. The molecule has 0 aliphatic carbocycles. The Hall–Kier alpha value is -2.13. The van der Waals surface area contributed by atoms with E-state index in [1.54, 1.807) is 6.08 Å². The fourth-order valence-electron chi connectivity index (χ4n) is 2.01. The van der Waals surface area contributed by atoms with Crippen LogP contribution in [0.4, 0.5) is 5.69 Å². The minimum absolute atomic E-state index is 0.470. The first-order valence-corrected chi connectivity index (χ1v) is 7.59. The lowest BCUT2D eigenvalue weighted by Crippen LogP contribution is -2.03. The molecule has 4 heteroatoms. The van der Waals surface area contributed by atoms with Crippen LogP contribution in [-0.2, 0) is 6.54 Å². The Labute approximate surface area is 136 Å². The van der Waals surface area contributed by atoms with E-state index in [1.807, 2.05) is 49.4 Å². The number of hydrogen-bond donors (Lipinski definition) is 1. The van der Waals surface area contributed by atoms with E-state index in [1.165, 1.54) is 0 Å². The lowest BCUT2D eigenvalue weighted by Gasteiger charge is -2.13. The van der Waals surface area contributed by atoms with E-state index in [2.05, 4.69) is 11.9 Å². The predicted octanol–water partition coefficient (Wildman–Crippen LogP) is 4.92. The van der Waals surface area contributed by atoms with Crippen molar-refractivity contribution >= 4 is 17.3 Å².